The van der Waals surface area contributed by atoms with Crippen LogP contribution in [-0.2, 0) is 4.74 Å². The van der Waals surface area contributed by atoms with Gasteiger partial charge >= 0.3 is 0 Å². The molecule has 0 aromatic heterocycles. The maximum absolute atomic E-state index is 5.62. The molecule has 1 unspecified atom stereocenters. The molecule has 0 rings (SSSR count). The first-order chi connectivity index (χ1) is 7.60. The second-order valence-electron chi connectivity index (χ2n) is 4.37. The van der Waals surface area contributed by atoms with Crippen molar-refractivity contribution in [3.8, 4) is 0 Å². The molecule has 92 valence electrons. The summed E-state index contributed by atoms with van der Waals surface area (Å²) in [5.74, 6) is 1.40. The van der Waals surface area contributed by atoms with Gasteiger partial charge in [0, 0.05) is 0 Å². The van der Waals surface area contributed by atoms with Gasteiger partial charge in [-0.2, -0.15) is 0 Å². The molecule has 0 bridgehead atoms. The van der Waals surface area contributed by atoms with E-state index in [0.29, 0.717) is 5.92 Å². The topological polar surface area (TPSA) is 9.23 Å². The normalized spacial score (nSPS) is 12.7. The van der Waals surface area contributed by atoms with Crippen molar-refractivity contribution in [1.82, 2.24) is 0 Å². The monoisotopic (exact) mass is 222 g/mol. The SMILES string of the molecule is C=C(C)/C=C\C(=C)OCC(CC)CCCC. The van der Waals surface area contributed by atoms with Crippen molar-refractivity contribution < 1.29 is 4.74 Å². The number of ether oxygens (including phenoxy) is 1. The minimum atomic E-state index is 0.662. The molecule has 0 saturated heterocycles. The van der Waals surface area contributed by atoms with Crippen LogP contribution in [0.15, 0.2) is 36.6 Å². The summed E-state index contributed by atoms with van der Waals surface area (Å²) in [7, 11) is 0. The highest BCUT2D eigenvalue weighted by Crippen LogP contribution is 2.14. The van der Waals surface area contributed by atoms with Crippen LogP contribution in [0, 0.1) is 5.92 Å². The number of rotatable bonds is 9. The smallest absolute Gasteiger partial charge is 0.112 e. The predicted molar refractivity (Wildman–Crippen MR) is 72.4 cm³/mol. The zero-order chi connectivity index (χ0) is 12.4. The van der Waals surface area contributed by atoms with Gasteiger partial charge in [0.25, 0.3) is 0 Å². The second-order valence-corrected chi connectivity index (χ2v) is 4.37. The van der Waals surface area contributed by atoms with E-state index in [9.17, 15) is 0 Å². The Bertz CT molecular complexity index is 238. The fourth-order valence-electron chi connectivity index (χ4n) is 1.41. The quantitative estimate of drug-likeness (QED) is 0.399. The lowest BCUT2D eigenvalue weighted by atomic mass is 10.0. The lowest BCUT2D eigenvalue weighted by Gasteiger charge is -2.15. The Morgan fingerprint density at radius 3 is 2.44 bits per heavy atom. The van der Waals surface area contributed by atoms with Crippen LogP contribution >= 0.6 is 0 Å². The molecule has 0 amide bonds. The van der Waals surface area contributed by atoms with Crippen molar-refractivity contribution in [2.45, 2.75) is 46.5 Å². The molecule has 0 fully saturated rings. The molecule has 1 heteroatoms. The summed E-state index contributed by atoms with van der Waals surface area (Å²) < 4.78 is 5.62. The van der Waals surface area contributed by atoms with Crippen LogP contribution in [0.5, 0.6) is 0 Å². The number of hydrogen-bond acceptors (Lipinski definition) is 1. The predicted octanol–water partition coefficient (Wildman–Crippen LogP) is 4.87. The molecule has 0 N–H and O–H groups in total. The van der Waals surface area contributed by atoms with E-state index < -0.39 is 0 Å². The zero-order valence-corrected chi connectivity index (χ0v) is 11.1. The zero-order valence-electron chi connectivity index (χ0n) is 11.1. The molecule has 0 aromatic carbocycles. The van der Waals surface area contributed by atoms with Gasteiger partial charge in [-0.3, -0.25) is 0 Å². The molecular weight excluding hydrogens is 196 g/mol. The van der Waals surface area contributed by atoms with Crippen LogP contribution in [0.25, 0.3) is 0 Å². The Kier molecular flexibility index (Phi) is 8.69. The van der Waals surface area contributed by atoms with Crippen molar-refractivity contribution in [1.29, 1.82) is 0 Å². The van der Waals surface area contributed by atoms with E-state index in [1.165, 1.54) is 25.7 Å². The highest BCUT2D eigenvalue weighted by Gasteiger charge is 2.06. The van der Waals surface area contributed by atoms with E-state index in [4.69, 9.17) is 4.74 Å². The Hall–Kier alpha value is -0.980. The van der Waals surface area contributed by atoms with Crippen LogP contribution in [0.3, 0.4) is 0 Å². The molecule has 0 aliphatic carbocycles. The maximum atomic E-state index is 5.62. The summed E-state index contributed by atoms with van der Waals surface area (Å²) in [5, 5.41) is 0. The van der Waals surface area contributed by atoms with E-state index in [-0.39, 0.29) is 0 Å². The van der Waals surface area contributed by atoms with Gasteiger partial charge in [0.1, 0.15) is 5.76 Å². The van der Waals surface area contributed by atoms with Crippen LogP contribution < -0.4 is 0 Å². The highest BCUT2D eigenvalue weighted by atomic mass is 16.5. The van der Waals surface area contributed by atoms with Crippen molar-refractivity contribution in [2.75, 3.05) is 6.61 Å². The molecule has 1 nitrogen and oxygen atoms in total. The molecule has 0 radical (unpaired) electrons. The molecule has 0 aliphatic rings. The fourth-order valence-corrected chi connectivity index (χ4v) is 1.41. The lowest BCUT2D eigenvalue weighted by molar-refractivity contribution is 0.166. The van der Waals surface area contributed by atoms with E-state index >= 15 is 0 Å². The van der Waals surface area contributed by atoms with Gasteiger partial charge in [-0.1, -0.05) is 57.9 Å². The van der Waals surface area contributed by atoms with Gasteiger partial charge < -0.3 is 4.74 Å². The van der Waals surface area contributed by atoms with Crippen LogP contribution in [0.4, 0.5) is 0 Å². The number of allylic oxidation sites excluding steroid dienone is 3. The van der Waals surface area contributed by atoms with E-state index in [2.05, 4.69) is 27.0 Å². The molecule has 1 atom stereocenters. The molecule has 0 saturated carbocycles. The van der Waals surface area contributed by atoms with Gasteiger partial charge in [-0.25, -0.2) is 0 Å². The minimum Gasteiger partial charge on any atom is -0.494 e. The average molecular weight is 222 g/mol. The highest BCUT2D eigenvalue weighted by molar-refractivity contribution is 5.19. The van der Waals surface area contributed by atoms with E-state index in [0.717, 1.165) is 17.9 Å². The van der Waals surface area contributed by atoms with Gasteiger partial charge in [-0.05, 0) is 25.3 Å². The first-order valence-electron chi connectivity index (χ1n) is 6.25. The molecule has 0 aromatic rings. The Morgan fingerprint density at radius 1 is 1.25 bits per heavy atom. The van der Waals surface area contributed by atoms with Crippen LogP contribution in [0.1, 0.15) is 46.5 Å². The average Bonchev–Trinajstić information content (AvgIpc) is 2.26. The van der Waals surface area contributed by atoms with Gasteiger partial charge in [-0.15, -0.1) is 0 Å². The van der Waals surface area contributed by atoms with Crippen molar-refractivity contribution >= 4 is 0 Å². The third-order valence-corrected chi connectivity index (χ3v) is 2.60. The summed E-state index contributed by atoms with van der Waals surface area (Å²) in [6, 6.07) is 0. The molecule has 0 heterocycles. The molecule has 0 spiro atoms. The minimum absolute atomic E-state index is 0.662. The van der Waals surface area contributed by atoms with Gasteiger partial charge in [0.05, 0.1) is 6.61 Å². The molecular formula is C15H26O. The molecule has 0 aliphatic heterocycles. The van der Waals surface area contributed by atoms with E-state index in [1.807, 2.05) is 19.1 Å². The third-order valence-electron chi connectivity index (χ3n) is 2.60. The summed E-state index contributed by atoms with van der Waals surface area (Å²) >= 11 is 0. The van der Waals surface area contributed by atoms with Gasteiger partial charge in [0.15, 0.2) is 0 Å². The number of unbranched alkanes of at least 4 members (excludes halogenated alkanes) is 1. The Morgan fingerprint density at radius 2 is 1.94 bits per heavy atom. The maximum Gasteiger partial charge on any atom is 0.112 e. The standard InChI is InChI=1S/C15H26O/c1-6-8-9-15(7-2)12-16-14(5)11-10-13(3)4/h10-11,15H,3,5-9,12H2,1-2,4H3/b11-10-. The Balaban J connectivity index is 3.83. The van der Waals surface area contributed by atoms with E-state index in [1.54, 1.807) is 0 Å². The van der Waals surface area contributed by atoms with Crippen LogP contribution in [0.2, 0.25) is 0 Å². The fraction of sp³-hybridized carbons (Fsp3) is 0.600. The van der Waals surface area contributed by atoms with Crippen molar-refractivity contribution in [3.63, 3.8) is 0 Å². The third kappa shape index (κ3) is 8.34. The van der Waals surface area contributed by atoms with Crippen molar-refractivity contribution in [3.05, 3.63) is 36.6 Å². The summed E-state index contributed by atoms with van der Waals surface area (Å²) in [6.07, 6.45) is 8.79. The first-order valence-corrected chi connectivity index (χ1v) is 6.25. The van der Waals surface area contributed by atoms with Crippen LogP contribution in [-0.4, -0.2) is 6.61 Å². The molecule has 16 heavy (non-hydrogen) atoms. The summed E-state index contributed by atoms with van der Waals surface area (Å²) in [6.45, 7) is 14.8. The largest absolute Gasteiger partial charge is 0.494 e. The summed E-state index contributed by atoms with van der Waals surface area (Å²) in [5.41, 5.74) is 1.02. The lowest BCUT2D eigenvalue weighted by Crippen LogP contribution is -2.07. The summed E-state index contributed by atoms with van der Waals surface area (Å²) in [4.78, 5) is 0. The second kappa shape index (κ2) is 9.26. The van der Waals surface area contributed by atoms with Crippen molar-refractivity contribution in [2.24, 2.45) is 5.92 Å². The number of hydrogen-bond donors (Lipinski definition) is 0. The Labute approximate surface area is 101 Å². The first kappa shape index (κ1) is 15.0. The van der Waals surface area contributed by atoms with Gasteiger partial charge in [0.2, 0.25) is 0 Å².